The van der Waals surface area contributed by atoms with Crippen LogP contribution in [0.15, 0.2) is 36.4 Å². The van der Waals surface area contributed by atoms with E-state index in [1.807, 2.05) is 12.1 Å². The van der Waals surface area contributed by atoms with E-state index in [0.29, 0.717) is 11.5 Å². The summed E-state index contributed by atoms with van der Waals surface area (Å²) in [4.78, 5) is 16.3. The van der Waals surface area contributed by atoms with Gasteiger partial charge in [0.25, 0.3) is 5.91 Å². The third-order valence-electron chi connectivity index (χ3n) is 3.65. The predicted molar refractivity (Wildman–Crippen MR) is 86.9 cm³/mol. The Kier molecular flexibility index (Phi) is 4.81. The molecule has 3 N–H and O–H groups in total. The molecule has 0 fully saturated rings. The molecule has 0 spiro atoms. The summed E-state index contributed by atoms with van der Waals surface area (Å²) in [6.45, 7) is 0. The molecule has 0 saturated heterocycles. The second kappa shape index (κ2) is 6.59. The van der Waals surface area contributed by atoms with Crippen LogP contribution in [0.4, 0.5) is 11.5 Å². The Morgan fingerprint density at radius 3 is 2.67 bits per heavy atom. The van der Waals surface area contributed by atoms with E-state index in [2.05, 4.69) is 16.4 Å². The van der Waals surface area contributed by atoms with Gasteiger partial charge in [0, 0.05) is 5.69 Å². The van der Waals surface area contributed by atoms with Crippen molar-refractivity contribution in [3.63, 3.8) is 0 Å². The Labute approximate surface area is 130 Å². The Hall–Kier alpha value is -2.07. The second-order valence-corrected chi connectivity index (χ2v) is 5.05. The van der Waals surface area contributed by atoms with E-state index in [1.165, 1.54) is 24.0 Å². The van der Waals surface area contributed by atoms with Crippen molar-refractivity contribution in [1.29, 1.82) is 0 Å². The lowest BCUT2D eigenvalue weighted by Crippen LogP contribution is -2.17. The molecule has 110 valence electrons. The highest BCUT2D eigenvalue weighted by Crippen LogP contribution is 2.28. The van der Waals surface area contributed by atoms with Crippen molar-refractivity contribution in [2.24, 2.45) is 0 Å². The van der Waals surface area contributed by atoms with Crippen molar-refractivity contribution in [1.82, 2.24) is 4.98 Å². The van der Waals surface area contributed by atoms with Crippen LogP contribution in [0, 0.1) is 0 Å². The lowest BCUT2D eigenvalue weighted by atomic mass is 9.90. The SMILES string of the molecule is Cl.Nc1cccc(C(=O)Nc2cccc3c2CCCC3)n1. The third kappa shape index (κ3) is 3.34. The molecule has 1 aromatic heterocycles. The lowest BCUT2D eigenvalue weighted by molar-refractivity contribution is 0.102. The first-order chi connectivity index (χ1) is 9.74. The number of amides is 1. The van der Waals surface area contributed by atoms with E-state index in [4.69, 9.17) is 5.73 Å². The van der Waals surface area contributed by atoms with Gasteiger partial charge in [-0.3, -0.25) is 4.79 Å². The van der Waals surface area contributed by atoms with Crippen LogP contribution < -0.4 is 11.1 Å². The first-order valence-corrected chi connectivity index (χ1v) is 6.89. The number of rotatable bonds is 2. The van der Waals surface area contributed by atoms with E-state index in [9.17, 15) is 4.79 Å². The fourth-order valence-corrected chi connectivity index (χ4v) is 2.66. The summed E-state index contributed by atoms with van der Waals surface area (Å²) in [6, 6.07) is 11.2. The zero-order valence-corrected chi connectivity index (χ0v) is 12.5. The van der Waals surface area contributed by atoms with E-state index < -0.39 is 0 Å². The molecule has 0 unspecified atom stereocenters. The lowest BCUT2D eigenvalue weighted by Gasteiger charge is -2.19. The molecule has 0 bridgehead atoms. The van der Waals surface area contributed by atoms with Gasteiger partial charge in [-0.1, -0.05) is 18.2 Å². The van der Waals surface area contributed by atoms with Gasteiger partial charge in [-0.25, -0.2) is 4.98 Å². The zero-order valence-electron chi connectivity index (χ0n) is 11.6. The largest absolute Gasteiger partial charge is 0.384 e. The molecular formula is C16H18ClN3O. The van der Waals surface area contributed by atoms with E-state index in [0.717, 1.165) is 18.5 Å². The first-order valence-electron chi connectivity index (χ1n) is 6.89. The van der Waals surface area contributed by atoms with Gasteiger partial charge in [0.05, 0.1) is 0 Å². The highest BCUT2D eigenvalue weighted by molar-refractivity contribution is 6.03. The standard InChI is InChI=1S/C16H17N3O.ClH/c17-15-10-4-9-14(18-15)16(20)19-13-8-3-6-11-5-1-2-7-12(11)13;/h3-4,6,8-10H,1-2,5,7H2,(H2,17,18)(H,19,20);1H. The van der Waals surface area contributed by atoms with Gasteiger partial charge >= 0.3 is 0 Å². The van der Waals surface area contributed by atoms with Crippen molar-refractivity contribution in [3.05, 3.63) is 53.2 Å². The predicted octanol–water partition coefficient (Wildman–Crippen LogP) is 3.22. The highest BCUT2D eigenvalue weighted by Gasteiger charge is 2.15. The fraction of sp³-hybridized carbons (Fsp3) is 0.250. The molecule has 1 heterocycles. The number of carbonyl (C=O) groups is 1. The fourth-order valence-electron chi connectivity index (χ4n) is 2.66. The Balaban J connectivity index is 0.00000161. The van der Waals surface area contributed by atoms with Crippen molar-refractivity contribution in [2.45, 2.75) is 25.7 Å². The number of aryl methyl sites for hydroxylation is 1. The summed E-state index contributed by atoms with van der Waals surface area (Å²) < 4.78 is 0. The number of fused-ring (bicyclic) bond motifs is 1. The molecule has 0 radical (unpaired) electrons. The molecule has 1 amide bonds. The first kappa shape index (κ1) is 15.3. The van der Waals surface area contributed by atoms with Crippen molar-refractivity contribution < 1.29 is 4.79 Å². The van der Waals surface area contributed by atoms with Crippen LogP contribution in [0.1, 0.15) is 34.5 Å². The number of benzene rings is 1. The molecule has 5 heteroatoms. The number of halogens is 1. The van der Waals surface area contributed by atoms with Gasteiger partial charge in [0.2, 0.25) is 0 Å². The molecule has 0 atom stereocenters. The smallest absolute Gasteiger partial charge is 0.274 e. The minimum Gasteiger partial charge on any atom is -0.384 e. The molecule has 2 aromatic rings. The normalized spacial score (nSPS) is 13.0. The number of hydrogen-bond donors (Lipinski definition) is 2. The average Bonchev–Trinajstić information content (AvgIpc) is 2.47. The van der Waals surface area contributed by atoms with E-state index >= 15 is 0 Å². The molecule has 21 heavy (non-hydrogen) atoms. The summed E-state index contributed by atoms with van der Waals surface area (Å²) in [5, 5.41) is 2.96. The number of nitrogen functional groups attached to an aromatic ring is 1. The van der Waals surface area contributed by atoms with E-state index in [-0.39, 0.29) is 18.3 Å². The summed E-state index contributed by atoms with van der Waals surface area (Å²) in [5.41, 5.74) is 9.46. The molecule has 3 rings (SSSR count). The van der Waals surface area contributed by atoms with Crippen LogP contribution in [0.5, 0.6) is 0 Å². The maximum absolute atomic E-state index is 12.2. The third-order valence-corrected chi connectivity index (χ3v) is 3.65. The minimum absolute atomic E-state index is 0. The van der Waals surface area contributed by atoms with Gasteiger partial charge in [-0.05, 0) is 55.0 Å². The van der Waals surface area contributed by atoms with Gasteiger partial charge in [0.1, 0.15) is 11.5 Å². The molecule has 1 aromatic carbocycles. The Morgan fingerprint density at radius 1 is 1.10 bits per heavy atom. The number of carbonyl (C=O) groups excluding carboxylic acids is 1. The molecule has 0 saturated carbocycles. The van der Waals surface area contributed by atoms with Crippen molar-refractivity contribution in [2.75, 3.05) is 11.1 Å². The van der Waals surface area contributed by atoms with Gasteiger partial charge < -0.3 is 11.1 Å². The summed E-state index contributed by atoms with van der Waals surface area (Å²) in [5.74, 6) is 0.143. The van der Waals surface area contributed by atoms with Gasteiger partial charge in [0.15, 0.2) is 0 Å². The highest BCUT2D eigenvalue weighted by atomic mass is 35.5. The van der Waals surface area contributed by atoms with Gasteiger partial charge in [-0.2, -0.15) is 0 Å². The number of aromatic nitrogens is 1. The molecular weight excluding hydrogens is 286 g/mol. The number of hydrogen-bond acceptors (Lipinski definition) is 3. The minimum atomic E-state index is -0.212. The van der Waals surface area contributed by atoms with Crippen LogP contribution >= 0.6 is 12.4 Å². The maximum Gasteiger partial charge on any atom is 0.274 e. The van der Waals surface area contributed by atoms with E-state index in [1.54, 1.807) is 18.2 Å². The Morgan fingerprint density at radius 2 is 1.86 bits per heavy atom. The molecule has 0 aliphatic heterocycles. The molecule has 4 nitrogen and oxygen atoms in total. The monoisotopic (exact) mass is 303 g/mol. The summed E-state index contributed by atoms with van der Waals surface area (Å²) in [6.07, 6.45) is 4.52. The average molecular weight is 304 g/mol. The number of anilines is 2. The van der Waals surface area contributed by atoms with Crippen LogP contribution in [0.3, 0.4) is 0 Å². The van der Waals surface area contributed by atoms with Crippen molar-refractivity contribution in [3.8, 4) is 0 Å². The molecule has 1 aliphatic rings. The molecule has 1 aliphatic carbocycles. The summed E-state index contributed by atoms with van der Waals surface area (Å²) >= 11 is 0. The number of nitrogens with zero attached hydrogens (tertiary/aromatic N) is 1. The van der Waals surface area contributed by atoms with Crippen molar-refractivity contribution >= 4 is 29.8 Å². The number of nitrogens with one attached hydrogen (secondary N) is 1. The second-order valence-electron chi connectivity index (χ2n) is 5.05. The quantitative estimate of drug-likeness (QED) is 0.895. The van der Waals surface area contributed by atoms with Crippen LogP contribution in [0.2, 0.25) is 0 Å². The number of nitrogens with two attached hydrogens (primary N) is 1. The zero-order chi connectivity index (χ0) is 13.9. The van der Waals surface area contributed by atoms with Crippen LogP contribution in [-0.4, -0.2) is 10.9 Å². The Bertz CT molecular complexity index is 658. The van der Waals surface area contributed by atoms with Gasteiger partial charge in [-0.15, -0.1) is 12.4 Å². The van der Waals surface area contributed by atoms with Crippen LogP contribution in [-0.2, 0) is 12.8 Å². The summed E-state index contributed by atoms with van der Waals surface area (Å²) in [7, 11) is 0. The van der Waals surface area contributed by atoms with Crippen LogP contribution in [0.25, 0.3) is 0 Å². The number of pyridine rings is 1. The topological polar surface area (TPSA) is 68.0 Å². The maximum atomic E-state index is 12.2.